The van der Waals surface area contributed by atoms with Gasteiger partial charge in [-0.3, -0.25) is 9.36 Å². The number of nitrogens with zero attached hydrogens (tertiary/aromatic N) is 5. The summed E-state index contributed by atoms with van der Waals surface area (Å²) in [6.45, 7) is 11.2. The predicted octanol–water partition coefficient (Wildman–Crippen LogP) is 7.07. The highest BCUT2D eigenvalue weighted by molar-refractivity contribution is 7.21. The van der Waals surface area contributed by atoms with Crippen molar-refractivity contribution in [3.63, 3.8) is 0 Å². The van der Waals surface area contributed by atoms with Crippen LogP contribution >= 0.6 is 11.3 Å². The Hall–Kier alpha value is -6.00. The first-order valence-electron chi connectivity index (χ1n) is 20.3. The van der Waals surface area contributed by atoms with E-state index < -0.39 is 43.0 Å². The van der Waals surface area contributed by atoms with Gasteiger partial charge in [-0.1, -0.05) is 123 Å². The highest BCUT2D eigenvalue weighted by atomic mass is 32.1. The smallest absolute Gasteiger partial charge is 0.333 e. The van der Waals surface area contributed by atoms with Gasteiger partial charge < -0.3 is 18.6 Å². The molecule has 1 atom stereocenters. The third kappa shape index (κ3) is 8.45. The molecule has 0 radical (unpaired) electrons. The van der Waals surface area contributed by atoms with Crippen LogP contribution in [0.3, 0.4) is 0 Å². The Morgan fingerprint density at radius 1 is 0.839 bits per heavy atom. The molecule has 0 aliphatic heterocycles. The van der Waals surface area contributed by atoms with E-state index in [1.165, 1.54) is 60.9 Å². The number of esters is 1. The van der Waals surface area contributed by atoms with Gasteiger partial charge in [0.25, 0.3) is 13.9 Å². The quantitative estimate of drug-likeness (QED) is 0.0569. The maximum Gasteiger partial charge on any atom is 0.333 e. The van der Waals surface area contributed by atoms with Gasteiger partial charge in [0.1, 0.15) is 39.6 Å². The molecular formula is C47H50FN5O7SSi. The minimum Gasteiger partial charge on any atom is -0.496 e. The molecule has 0 saturated carbocycles. The van der Waals surface area contributed by atoms with E-state index in [4.69, 9.17) is 18.6 Å². The number of halogens is 1. The van der Waals surface area contributed by atoms with Crippen molar-refractivity contribution in [2.24, 2.45) is 0 Å². The van der Waals surface area contributed by atoms with Crippen molar-refractivity contribution >= 4 is 46.2 Å². The molecule has 4 aromatic carbocycles. The van der Waals surface area contributed by atoms with Gasteiger partial charge in [0.15, 0.2) is 0 Å². The van der Waals surface area contributed by atoms with Gasteiger partial charge in [-0.2, -0.15) is 10.2 Å². The van der Waals surface area contributed by atoms with E-state index in [1.807, 2.05) is 66.7 Å². The first kappa shape index (κ1) is 44.1. The molecule has 15 heteroatoms. The third-order valence-electron chi connectivity index (χ3n) is 11.1. The van der Waals surface area contributed by atoms with Gasteiger partial charge in [0, 0.05) is 11.1 Å². The van der Waals surface area contributed by atoms with Crippen LogP contribution in [-0.4, -0.2) is 58.7 Å². The van der Waals surface area contributed by atoms with E-state index in [-0.39, 0.29) is 36.8 Å². The van der Waals surface area contributed by atoms with Gasteiger partial charge in [0.2, 0.25) is 0 Å². The fourth-order valence-corrected chi connectivity index (χ4v) is 13.8. The fraction of sp³-hybridized carbons (Fsp3) is 0.298. The van der Waals surface area contributed by atoms with Gasteiger partial charge in [0.05, 0.1) is 44.6 Å². The molecule has 7 aromatic rings. The zero-order valence-corrected chi connectivity index (χ0v) is 37.6. The second kappa shape index (κ2) is 18.1. The summed E-state index contributed by atoms with van der Waals surface area (Å²) < 4.78 is 42.8. The number of ether oxygens (including phenoxy) is 3. The number of aryl methyl sites for hydroxylation is 1. The standard InChI is InChI=1S/C47H50FN5O7SSi/c1-32-40-41(54)52(47(5,6)44(55)59-31-33-17-11-8-12-18-33)45(56)51(43(40)61-42(32)53-49-25-26-50-53)30-39(37-29-34(48)23-24-38(37)57-7)58-27-28-60-62(46(2,3)4,35-19-13-9-14-20-35)36-21-15-10-16-22-36/h8-26,29,39H,27-28,30-31H2,1-7H3/t39-/m0/s1. The summed E-state index contributed by atoms with van der Waals surface area (Å²) in [5, 5.41) is 11.2. The summed E-state index contributed by atoms with van der Waals surface area (Å²) in [4.78, 5) is 45.2. The van der Waals surface area contributed by atoms with Crippen molar-refractivity contribution in [2.45, 2.75) is 71.4 Å². The summed E-state index contributed by atoms with van der Waals surface area (Å²) in [6.07, 6.45) is 2.00. The molecular weight excluding hydrogens is 826 g/mol. The molecule has 3 heterocycles. The lowest BCUT2D eigenvalue weighted by atomic mass is 10.0. The normalized spacial score (nSPS) is 12.7. The minimum atomic E-state index is -2.97. The Morgan fingerprint density at radius 3 is 2.02 bits per heavy atom. The van der Waals surface area contributed by atoms with Gasteiger partial charge in [-0.15, -0.1) is 4.80 Å². The predicted molar refractivity (Wildman–Crippen MR) is 241 cm³/mol. The number of carbonyl (C=O) groups excluding carboxylic acids is 1. The van der Waals surface area contributed by atoms with Crippen LogP contribution < -0.4 is 26.4 Å². The van der Waals surface area contributed by atoms with Crippen molar-refractivity contribution in [3.05, 3.63) is 165 Å². The number of thiophene rings is 1. The Morgan fingerprint density at radius 2 is 1.44 bits per heavy atom. The molecule has 7 rings (SSSR count). The number of benzene rings is 4. The van der Waals surface area contributed by atoms with Crippen LogP contribution in [0.2, 0.25) is 5.04 Å². The monoisotopic (exact) mass is 875 g/mol. The van der Waals surface area contributed by atoms with Crippen LogP contribution in [0.4, 0.5) is 4.39 Å². The fourth-order valence-electron chi connectivity index (χ4n) is 8.00. The molecule has 0 spiro atoms. The van der Waals surface area contributed by atoms with Gasteiger partial charge in [-0.05, 0) is 59.9 Å². The Bertz CT molecular complexity index is 2730. The molecule has 3 aromatic heterocycles. The maximum absolute atomic E-state index is 15.2. The summed E-state index contributed by atoms with van der Waals surface area (Å²) in [5.74, 6) is -0.995. The van der Waals surface area contributed by atoms with Crippen molar-refractivity contribution in [2.75, 3.05) is 20.3 Å². The Balaban J connectivity index is 1.32. The molecule has 0 amide bonds. The van der Waals surface area contributed by atoms with Crippen molar-refractivity contribution in [1.29, 1.82) is 0 Å². The zero-order valence-electron chi connectivity index (χ0n) is 35.8. The van der Waals surface area contributed by atoms with Crippen LogP contribution in [0, 0.1) is 12.7 Å². The Kier molecular flexibility index (Phi) is 12.9. The van der Waals surface area contributed by atoms with E-state index >= 15 is 9.18 Å². The number of aromatic nitrogens is 5. The molecule has 0 aliphatic carbocycles. The van der Waals surface area contributed by atoms with Gasteiger partial charge >= 0.3 is 11.7 Å². The number of hydrogen-bond acceptors (Lipinski definition) is 10. The van der Waals surface area contributed by atoms with Crippen LogP contribution in [0.25, 0.3) is 15.2 Å². The van der Waals surface area contributed by atoms with E-state index in [0.29, 0.717) is 26.7 Å². The molecule has 0 unspecified atom stereocenters. The average molecular weight is 876 g/mol. The molecule has 0 bridgehead atoms. The van der Waals surface area contributed by atoms with E-state index in [0.717, 1.165) is 31.8 Å². The van der Waals surface area contributed by atoms with Crippen molar-refractivity contribution in [3.8, 4) is 10.8 Å². The molecule has 0 N–H and O–H groups in total. The molecule has 0 fully saturated rings. The highest BCUT2D eigenvalue weighted by Crippen LogP contribution is 2.38. The minimum absolute atomic E-state index is 0.0373. The lowest BCUT2D eigenvalue weighted by Gasteiger charge is -2.43. The molecule has 12 nitrogen and oxygen atoms in total. The zero-order chi connectivity index (χ0) is 44.2. The van der Waals surface area contributed by atoms with Crippen molar-refractivity contribution < 1.29 is 27.8 Å². The lowest BCUT2D eigenvalue weighted by Crippen LogP contribution is -2.66. The van der Waals surface area contributed by atoms with Crippen molar-refractivity contribution in [1.82, 2.24) is 24.1 Å². The Labute approximate surface area is 364 Å². The first-order valence-corrected chi connectivity index (χ1v) is 23.0. The van der Waals surface area contributed by atoms with E-state index in [9.17, 15) is 9.59 Å². The van der Waals surface area contributed by atoms with Crippen LogP contribution in [0.15, 0.2) is 131 Å². The number of hydrogen-bond donors (Lipinski definition) is 0. The summed E-state index contributed by atoms with van der Waals surface area (Å²) in [6, 6.07) is 33.7. The number of methoxy groups -OCH3 is 1. The number of fused-ring (bicyclic) bond motifs is 1. The molecule has 322 valence electrons. The molecule has 62 heavy (non-hydrogen) atoms. The second-order valence-corrected chi connectivity index (χ2v) is 21.7. The summed E-state index contributed by atoms with van der Waals surface area (Å²) in [5.41, 5.74) is -1.67. The molecule has 0 aliphatic rings. The first-order chi connectivity index (χ1) is 29.7. The lowest BCUT2D eigenvalue weighted by molar-refractivity contribution is -0.154. The summed E-state index contributed by atoms with van der Waals surface area (Å²) >= 11 is 1.14. The summed E-state index contributed by atoms with van der Waals surface area (Å²) in [7, 11) is -1.49. The number of rotatable bonds is 16. The van der Waals surface area contributed by atoms with E-state index in [2.05, 4.69) is 55.2 Å². The second-order valence-electron chi connectivity index (χ2n) is 16.4. The topological polar surface area (TPSA) is 129 Å². The number of carbonyl (C=O) groups is 1. The average Bonchev–Trinajstić information content (AvgIpc) is 3.92. The third-order valence-corrected chi connectivity index (χ3v) is 17.4. The maximum atomic E-state index is 15.2. The van der Waals surface area contributed by atoms with E-state index in [1.54, 1.807) is 6.92 Å². The van der Waals surface area contributed by atoms with Crippen LogP contribution in [0.5, 0.6) is 5.75 Å². The molecule has 0 saturated heterocycles. The van der Waals surface area contributed by atoms with Gasteiger partial charge in [-0.25, -0.2) is 18.5 Å². The van der Waals surface area contributed by atoms with Crippen LogP contribution in [-0.2, 0) is 37.4 Å². The van der Waals surface area contributed by atoms with Crippen LogP contribution in [0.1, 0.15) is 57.4 Å². The SMILES string of the molecule is COc1ccc(F)cc1[C@H](Cn1c(=O)n(C(C)(C)C(=O)OCc2ccccc2)c(=O)c2c(C)c(-n3nccn3)sc21)OCCO[Si](c1ccccc1)(c1ccccc1)C(C)(C)C. The highest BCUT2D eigenvalue weighted by Gasteiger charge is 2.50. The largest absolute Gasteiger partial charge is 0.496 e.